The summed E-state index contributed by atoms with van der Waals surface area (Å²) < 4.78 is 10.6. The molecule has 20 heavy (non-hydrogen) atoms. The molecule has 0 bridgehead atoms. The number of urea groups is 1. The van der Waals surface area contributed by atoms with Crippen molar-refractivity contribution in [3.8, 4) is 0 Å². The van der Waals surface area contributed by atoms with E-state index < -0.39 is 6.04 Å². The fourth-order valence-electron chi connectivity index (χ4n) is 2.55. The standard InChI is InChI=1S/C14H24N2O4/c1-11(13(17)20-12-5-3-2-4-6-12)15-14(18)16-7-9-19-10-8-16/h11-12H,2-10H2,1H3,(H,15,18)/t11-/m0/s1. The van der Waals surface area contributed by atoms with Gasteiger partial charge in [0.15, 0.2) is 0 Å². The quantitative estimate of drug-likeness (QED) is 0.793. The maximum Gasteiger partial charge on any atom is 0.328 e. The van der Waals surface area contributed by atoms with Crippen molar-refractivity contribution in [2.45, 2.75) is 51.2 Å². The van der Waals surface area contributed by atoms with Crippen LogP contribution in [0.5, 0.6) is 0 Å². The van der Waals surface area contributed by atoms with E-state index >= 15 is 0 Å². The summed E-state index contributed by atoms with van der Waals surface area (Å²) >= 11 is 0. The highest BCUT2D eigenvalue weighted by atomic mass is 16.5. The number of rotatable bonds is 3. The number of hydrogen-bond acceptors (Lipinski definition) is 4. The van der Waals surface area contributed by atoms with Gasteiger partial charge in [0.05, 0.1) is 13.2 Å². The van der Waals surface area contributed by atoms with Crippen LogP contribution in [0.3, 0.4) is 0 Å². The van der Waals surface area contributed by atoms with Crippen LogP contribution in [0.4, 0.5) is 4.79 Å². The van der Waals surface area contributed by atoms with Crippen molar-refractivity contribution in [2.24, 2.45) is 0 Å². The Labute approximate surface area is 119 Å². The number of nitrogens with one attached hydrogen (secondary N) is 1. The van der Waals surface area contributed by atoms with Gasteiger partial charge in [0.25, 0.3) is 0 Å². The summed E-state index contributed by atoms with van der Waals surface area (Å²) in [7, 11) is 0. The normalized spacial score (nSPS) is 22.1. The summed E-state index contributed by atoms with van der Waals surface area (Å²) in [6.07, 6.45) is 5.36. The Morgan fingerprint density at radius 3 is 2.50 bits per heavy atom. The summed E-state index contributed by atoms with van der Waals surface area (Å²) in [6, 6.07) is -0.825. The van der Waals surface area contributed by atoms with Gasteiger partial charge in [-0.1, -0.05) is 6.42 Å². The first-order chi connectivity index (χ1) is 9.66. The van der Waals surface area contributed by atoms with Crippen LogP contribution >= 0.6 is 0 Å². The van der Waals surface area contributed by atoms with E-state index in [1.807, 2.05) is 0 Å². The Morgan fingerprint density at radius 1 is 1.20 bits per heavy atom. The van der Waals surface area contributed by atoms with Crippen LogP contribution in [0.25, 0.3) is 0 Å². The lowest BCUT2D eigenvalue weighted by atomic mass is 9.98. The van der Waals surface area contributed by atoms with Crippen LogP contribution in [-0.2, 0) is 14.3 Å². The first-order valence-corrected chi connectivity index (χ1v) is 7.50. The molecule has 1 aliphatic heterocycles. The molecule has 6 nitrogen and oxygen atoms in total. The SMILES string of the molecule is C[C@H](NC(=O)N1CCOCC1)C(=O)OC1CCCCC1. The Kier molecular flexibility index (Phi) is 5.64. The summed E-state index contributed by atoms with van der Waals surface area (Å²) in [5.41, 5.74) is 0. The number of amides is 2. The van der Waals surface area contributed by atoms with Gasteiger partial charge >= 0.3 is 12.0 Å². The maximum atomic E-state index is 12.0. The van der Waals surface area contributed by atoms with E-state index in [-0.39, 0.29) is 18.1 Å². The van der Waals surface area contributed by atoms with Crippen LogP contribution in [0, 0.1) is 0 Å². The van der Waals surface area contributed by atoms with Gasteiger partial charge in [-0.05, 0) is 32.6 Å². The second-order valence-corrected chi connectivity index (χ2v) is 5.47. The predicted octanol–water partition coefficient (Wildman–Crippen LogP) is 1.29. The molecule has 0 spiro atoms. The van der Waals surface area contributed by atoms with Gasteiger partial charge in [0.2, 0.25) is 0 Å². The molecule has 1 saturated heterocycles. The summed E-state index contributed by atoms with van der Waals surface area (Å²) in [5.74, 6) is -0.335. The number of ether oxygens (including phenoxy) is 2. The van der Waals surface area contributed by atoms with E-state index in [1.165, 1.54) is 6.42 Å². The zero-order chi connectivity index (χ0) is 14.4. The smallest absolute Gasteiger partial charge is 0.328 e. The second kappa shape index (κ2) is 7.47. The van der Waals surface area contributed by atoms with Gasteiger partial charge in [0.1, 0.15) is 12.1 Å². The van der Waals surface area contributed by atoms with Gasteiger partial charge in [0, 0.05) is 13.1 Å². The Hall–Kier alpha value is -1.30. The fourth-order valence-corrected chi connectivity index (χ4v) is 2.55. The van der Waals surface area contributed by atoms with Crippen LogP contribution in [-0.4, -0.2) is 55.3 Å². The molecule has 2 fully saturated rings. The predicted molar refractivity (Wildman–Crippen MR) is 73.4 cm³/mol. The van der Waals surface area contributed by atoms with Crippen LogP contribution < -0.4 is 5.32 Å². The second-order valence-electron chi connectivity index (χ2n) is 5.47. The van der Waals surface area contributed by atoms with E-state index in [9.17, 15) is 9.59 Å². The molecule has 1 heterocycles. The van der Waals surface area contributed by atoms with Crippen LogP contribution in [0.2, 0.25) is 0 Å². The lowest BCUT2D eigenvalue weighted by Crippen LogP contribution is -2.51. The molecular formula is C14H24N2O4. The molecule has 2 aliphatic rings. The molecule has 114 valence electrons. The zero-order valence-electron chi connectivity index (χ0n) is 12.1. The highest BCUT2D eigenvalue weighted by Gasteiger charge is 2.25. The summed E-state index contributed by atoms with van der Waals surface area (Å²) in [4.78, 5) is 25.6. The number of nitrogens with zero attached hydrogens (tertiary/aromatic N) is 1. The van der Waals surface area contributed by atoms with E-state index in [0.29, 0.717) is 26.3 Å². The van der Waals surface area contributed by atoms with E-state index in [0.717, 1.165) is 25.7 Å². The van der Waals surface area contributed by atoms with Gasteiger partial charge in [-0.3, -0.25) is 0 Å². The van der Waals surface area contributed by atoms with Crippen LogP contribution in [0.1, 0.15) is 39.0 Å². The van der Waals surface area contributed by atoms with Gasteiger partial charge in [-0.2, -0.15) is 0 Å². The molecule has 0 aromatic heterocycles. The molecule has 1 aliphatic carbocycles. The molecule has 1 saturated carbocycles. The van der Waals surface area contributed by atoms with Crippen molar-refractivity contribution in [1.82, 2.24) is 10.2 Å². The van der Waals surface area contributed by atoms with Crippen molar-refractivity contribution in [3.05, 3.63) is 0 Å². The van der Waals surface area contributed by atoms with Crippen LogP contribution in [0.15, 0.2) is 0 Å². The lowest BCUT2D eigenvalue weighted by Gasteiger charge is -2.28. The van der Waals surface area contributed by atoms with Gasteiger partial charge in [-0.25, -0.2) is 9.59 Å². The van der Waals surface area contributed by atoms with Crippen molar-refractivity contribution in [2.75, 3.05) is 26.3 Å². The maximum absolute atomic E-state index is 12.0. The minimum atomic E-state index is -0.604. The van der Waals surface area contributed by atoms with Crippen molar-refractivity contribution >= 4 is 12.0 Å². The van der Waals surface area contributed by atoms with Crippen molar-refractivity contribution in [1.29, 1.82) is 0 Å². The molecule has 0 aromatic rings. The highest BCUT2D eigenvalue weighted by Crippen LogP contribution is 2.20. The lowest BCUT2D eigenvalue weighted by molar-refractivity contribution is -0.152. The largest absolute Gasteiger partial charge is 0.461 e. The third-order valence-corrected chi connectivity index (χ3v) is 3.83. The van der Waals surface area contributed by atoms with Crippen molar-refractivity contribution < 1.29 is 19.1 Å². The molecule has 1 atom stereocenters. The number of esters is 1. The first-order valence-electron chi connectivity index (χ1n) is 7.50. The zero-order valence-corrected chi connectivity index (χ0v) is 12.1. The Balaban J connectivity index is 1.73. The summed E-state index contributed by atoms with van der Waals surface area (Å²) in [5, 5.41) is 2.70. The third kappa shape index (κ3) is 4.37. The minimum Gasteiger partial charge on any atom is -0.461 e. The van der Waals surface area contributed by atoms with E-state index in [2.05, 4.69) is 5.32 Å². The highest BCUT2D eigenvalue weighted by molar-refractivity contribution is 5.83. The van der Waals surface area contributed by atoms with E-state index in [4.69, 9.17) is 9.47 Å². The number of carbonyl (C=O) groups excluding carboxylic acids is 2. The fraction of sp³-hybridized carbons (Fsp3) is 0.857. The molecule has 1 N–H and O–H groups in total. The first kappa shape index (κ1) is 15.1. The Bertz CT molecular complexity index is 336. The minimum absolute atomic E-state index is 0.0268. The molecule has 0 radical (unpaired) electrons. The van der Waals surface area contributed by atoms with Crippen molar-refractivity contribution in [3.63, 3.8) is 0 Å². The van der Waals surface area contributed by atoms with Gasteiger partial charge in [-0.15, -0.1) is 0 Å². The molecule has 2 amide bonds. The molecular weight excluding hydrogens is 260 g/mol. The molecule has 0 unspecified atom stereocenters. The average molecular weight is 284 g/mol. The monoisotopic (exact) mass is 284 g/mol. The summed E-state index contributed by atoms with van der Waals surface area (Å²) in [6.45, 7) is 3.90. The molecule has 2 rings (SSSR count). The van der Waals surface area contributed by atoms with Gasteiger partial charge < -0.3 is 19.7 Å². The topological polar surface area (TPSA) is 67.9 Å². The third-order valence-electron chi connectivity index (χ3n) is 3.83. The number of morpholine rings is 1. The number of carbonyl (C=O) groups is 2. The van der Waals surface area contributed by atoms with E-state index in [1.54, 1.807) is 11.8 Å². The number of hydrogen-bond donors (Lipinski definition) is 1. The Morgan fingerprint density at radius 2 is 1.85 bits per heavy atom. The molecule has 0 aromatic carbocycles. The molecule has 6 heteroatoms. The average Bonchev–Trinajstić information content (AvgIpc) is 2.49.